The molecular formula is C52H30N4. The zero-order valence-corrected chi connectivity index (χ0v) is 30.1. The molecule has 13 aromatic rings. The van der Waals surface area contributed by atoms with E-state index in [9.17, 15) is 0 Å². The van der Waals surface area contributed by atoms with Gasteiger partial charge in [-0.15, -0.1) is 0 Å². The van der Waals surface area contributed by atoms with E-state index in [0.29, 0.717) is 0 Å². The van der Waals surface area contributed by atoms with Crippen LogP contribution in [0.1, 0.15) is 0 Å². The van der Waals surface area contributed by atoms with Crippen molar-refractivity contribution in [2.75, 3.05) is 0 Å². The molecule has 0 aliphatic heterocycles. The van der Waals surface area contributed by atoms with E-state index in [2.05, 4.69) is 185 Å². The maximum Gasteiger partial charge on any atom is 0.161 e. The summed E-state index contributed by atoms with van der Waals surface area (Å²) >= 11 is 0. The van der Waals surface area contributed by atoms with Gasteiger partial charge in [-0.1, -0.05) is 140 Å². The summed E-state index contributed by atoms with van der Waals surface area (Å²) in [7, 11) is 0. The first kappa shape index (κ1) is 29.8. The lowest BCUT2D eigenvalue weighted by molar-refractivity contribution is 1.23. The molecule has 13 rings (SSSR count). The number of nitrogens with zero attached hydrogens (tertiary/aromatic N) is 4. The minimum atomic E-state index is 0.729. The molecule has 0 saturated carbocycles. The summed E-state index contributed by atoms with van der Waals surface area (Å²) in [6, 6.07) is 65.7. The monoisotopic (exact) mass is 710 g/mol. The summed E-state index contributed by atoms with van der Waals surface area (Å²) in [5.74, 6) is 0.729. The highest BCUT2D eigenvalue weighted by atomic mass is 15.0. The van der Waals surface area contributed by atoms with Gasteiger partial charge >= 0.3 is 0 Å². The Morgan fingerprint density at radius 3 is 1.52 bits per heavy atom. The van der Waals surface area contributed by atoms with Gasteiger partial charge in [0.15, 0.2) is 5.82 Å². The zero-order chi connectivity index (χ0) is 36.5. The van der Waals surface area contributed by atoms with Gasteiger partial charge in [0.05, 0.1) is 44.3 Å². The molecule has 0 bridgehead atoms. The highest BCUT2D eigenvalue weighted by Crippen LogP contribution is 2.48. The summed E-state index contributed by atoms with van der Waals surface area (Å²) in [6.07, 6.45) is 0. The highest BCUT2D eigenvalue weighted by Gasteiger charge is 2.25. The fraction of sp³-hybridized carbons (Fsp3) is 0. The standard InChI is InChI=1S/C52H30N4/c1-2-14-31(15-3-1)49-38-18-6-9-21-42(38)53-52(54-49)37-29-28-33(34-16-4-5-17-35(34)37)32-26-27-36-41(30-32)48-40-20-8-11-23-44(40)56-46-25-13-12-24-45(46)55-43-22-10-7-19-39(43)47(36)50(55)51(48)56/h1-30H. The third kappa shape index (κ3) is 3.87. The van der Waals surface area contributed by atoms with Gasteiger partial charge in [-0.3, -0.25) is 0 Å². The van der Waals surface area contributed by atoms with E-state index in [1.165, 1.54) is 81.9 Å². The smallest absolute Gasteiger partial charge is 0.161 e. The Bertz CT molecular complexity index is 3750. The molecule has 0 spiro atoms. The molecule has 4 heterocycles. The van der Waals surface area contributed by atoms with Crippen molar-refractivity contribution in [2.45, 2.75) is 0 Å². The zero-order valence-electron chi connectivity index (χ0n) is 30.1. The first-order chi connectivity index (χ1) is 27.8. The van der Waals surface area contributed by atoms with Crippen LogP contribution in [0.4, 0.5) is 0 Å². The molecule has 0 unspecified atom stereocenters. The molecule has 4 heteroatoms. The van der Waals surface area contributed by atoms with Crippen molar-refractivity contribution in [2.24, 2.45) is 0 Å². The van der Waals surface area contributed by atoms with Crippen LogP contribution in [0.3, 0.4) is 0 Å². The van der Waals surface area contributed by atoms with Crippen molar-refractivity contribution in [3.05, 3.63) is 182 Å². The van der Waals surface area contributed by atoms with E-state index in [4.69, 9.17) is 9.97 Å². The fourth-order valence-corrected chi connectivity index (χ4v) is 9.71. The summed E-state index contributed by atoms with van der Waals surface area (Å²) < 4.78 is 5.00. The van der Waals surface area contributed by atoms with Crippen molar-refractivity contribution in [1.29, 1.82) is 0 Å². The van der Waals surface area contributed by atoms with Crippen LogP contribution in [-0.4, -0.2) is 18.8 Å². The number of aromatic nitrogens is 4. The number of hydrogen-bond donors (Lipinski definition) is 0. The normalized spacial score (nSPS) is 12.3. The molecular weight excluding hydrogens is 681 g/mol. The van der Waals surface area contributed by atoms with Gasteiger partial charge in [-0.05, 0) is 75.1 Å². The van der Waals surface area contributed by atoms with Crippen LogP contribution in [-0.2, 0) is 0 Å². The largest absolute Gasteiger partial charge is 0.305 e. The molecule has 0 aliphatic carbocycles. The van der Waals surface area contributed by atoms with Crippen LogP contribution in [0, 0.1) is 0 Å². The predicted octanol–water partition coefficient (Wildman–Crippen LogP) is 13.5. The van der Waals surface area contributed by atoms with Crippen LogP contribution in [0.25, 0.3) is 121 Å². The fourth-order valence-electron chi connectivity index (χ4n) is 9.71. The number of para-hydroxylation sites is 5. The minimum Gasteiger partial charge on any atom is -0.305 e. The van der Waals surface area contributed by atoms with Gasteiger partial charge in [0.2, 0.25) is 0 Å². The molecule has 258 valence electrons. The Morgan fingerprint density at radius 1 is 0.321 bits per heavy atom. The quantitative estimate of drug-likeness (QED) is 0.171. The maximum atomic E-state index is 5.26. The Morgan fingerprint density at radius 2 is 0.839 bits per heavy atom. The van der Waals surface area contributed by atoms with Crippen molar-refractivity contribution >= 4 is 87.1 Å². The van der Waals surface area contributed by atoms with Crippen molar-refractivity contribution in [1.82, 2.24) is 18.8 Å². The Labute approximate surface area is 320 Å². The van der Waals surface area contributed by atoms with Crippen molar-refractivity contribution in [3.8, 4) is 33.8 Å². The third-order valence-electron chi connectivity index (χ3n) is 12.0. The molecule has 0 N–H and O–H groups in total. The average molecular weight is 711 g/mol. The van der Waals surface area contributed by atoms with Crippen molar-refractivity contribution in [3.63, 3.8) is 0 Å². The van der Waals surface area contributed by atoms with Gasteiger partial charge in [0.25, 0.3) is 0 Å². The molecule has 0 saturated heterocycles. The van der Waals surface area contributed by atoms with Crippen LogP contribution < -0.4 is 0 Å². The first-order valence-electron chi connectivity index (χ1n) is 19.2. The SMILES string of the molecule is c1ccc(-c2nc(-c3ccc(-c4ccc5c(c4)c4c6ccccc6n6c7ccccc7n7c8ccccc8c5c7c46)c4ccccc34)nc3ccccc23)cc1. The van der Waals surface area contributed by atoms with E-state index >= 15 is 0 Å². The van der Waals surface area contributed by atoms with Gasteiger partial charge in [-0.25, -0.2) is 9.97 Å². The summed E-state index contributed by atoms with van der Waals surface area (Å²) in [5, 5.41) is 11.0. The predicted molar refractivity (Wildman–Crippen MR) is 234 cm³/mol. The Balaban J connectivity index is 1.11. The van der Waals surface area contributed by atoms with E-state index in [-0.39, 0.29) is 0 Å². The van der Waals surface area contributed by atoms with E-state index < -0.39 is 0 Å². The Hall–Kier alpha value is -7.56. The molecule has 0 atom stereocenters. The molecule has 4 nitrogen and oxygen atoms in total. The molecule has 0 amide bonds. The first-order valence-corrected chi connectivity index (χ1v) is 19.2. The second-order valence-electron chi connectivity index (χ2n) is 14.9. The lowest BCUT2D eigenvalue weighted by Gasteiger charge is -2.15. The van der Waals surface area contributed by atoms with Gasteiger partial charge in [0, 0.05) is 38.1 Å². The number of fused-ring (bicyclic) bond motifs is 14. The molecule has 4 aromatic heterocycles. The van der Waals surface area contributed by atoms with Gasteiger partial charge in [0.1, 0.15) is 0 Å². The molecule has 0 radical (unpaired) electrons. The molecule has 9 aromatic carbocycles. The highest BCUT2D eigenvalue weighted by molar-refractivity contribution is 6.37. The van der Waals surface area contributed by atoms with Crippen LogP contribution in [0.15, 0.2) is 182 Å². The summed E-state index contributed by atoms with van der Waals surface area (Å²) in [5.41, 5.74) is 13.8. The number of hydrogen-bond acceptors (Lipinski definition) is 2. The summed E-state index contributed by atoms with van der Waals surface area (Å²) in [4.78, 5) is 10.4. The second kappa shape index (κ2) is 11.0. The van der Waals surface area contributed by atoms with Gasteiger partial charge in [-0.2, -0.15) is 0 Å². The van der Waals surface area contributed by atoms with Crippen LogP contribution in [0.5, 0.6) is 0 Å². The lowest BCUT2D eigenvalue weighted by Crippen LogP contribution is -1.97. The van der Waals surface area contributed by atoms with Crippen LogP contribution in [0.2, 0.25) is 0 Å². The summed E-state index contributed by atoms with van der Waals surface area (Å²) in [6.45, 7) is 0. The third-order valence-corrected chi connectivity index (χ3v) is 12.0. The topological polar surface area (TPSA) is 34.6 Å². The number of rotatable bonds is 3. The van der Waals surface area contributed by atoms with Gasteiger partial charge < -0.3 is 8.80 Å². The average Bonchev–Trinajstić information content (AvgIpc) is 3.80. The number of benzene rings is 9. The van der Waals surface area contributed by atoms with E-state index in [1.807, 2.05) is 6.07 Å². The Kier molecular flexibility index (Phi) is 5.86. The van der Waals surface area contributed by atoms with E-state index in [0.717, 1.165) is 38.9 Å². The van der Waals surface area contributed by atoms with Crippen LogP contribution >= 0.6 is 0 Å². The van der Waals surface area contributed by atoms with Crippen molar-refractivity contribution < 1.29 is 0 Å². The second-order valence-corrected chi connectivity index (χ2v) is 14.9. The molecule has 0 fully saturated rings. The lowest BCUT2D eigenvalue weighted by atomic mass is 9.91. The maximum absolute atomic E-state index is 5.26. The molecule has 0 aliphatic rings. The van der Waals surface area contributed by atoms with E-state index in [1.54, 1.807) is 0 Å². The molecule has 56 heavy (non-hydrogen) atoms. The minimum absolute atomic E-state index is 0.729.